The van der Waals surface area contributed by atoms with Crippen molar-refractivity contribution in [1.29, 1.82) is 0 Å². The number of rotatable bonds is 5. The molecule has 1 atom stereocenters. The molecule has 1 aromatic heterocycles. The van der Waals surface area contributed by atoms with Gasteiger partial charge in [-0.3, -0.25) is 4.79 Å². The molecule has 1 aromatic rings. The van der Waals surface area contributed by atoms with Gasteiger partial charge in [-0.25, -0.2) is 4.98 Å². The molecule has 0 aromatic carbocycles. The lowest BCUT2D eigenvalue weighted by molar-refractivity contribution is -0.137. The second-order valence-electron chi connectivity index (χ2n) is 3.63. The number of nitrogens with zero attached hydrogens (tertiary/aromatic N) is 2. The number of hydrogen-bond donors (Lipinski definition) is 1. The molecular weight excluding hydrogens is 308 g/mol. The molecule has 1 N–H and O–H groups in total. The lowest BCUT2D eigenvalue weighted by Crippen LogP contribution is -2.22. The fraction of sp³-hybridized carbons (Fsp3) is 0.500. The smallest absolute Gasteiger partial charge is 0.317 e. The third-order valence-corrected chi connectivity index (χ3v) is 3.92. The van der Waals surface area contributed by atoms with Crippen LogP contribution in [0.5, 0.6) is 5.88 Å². The molecule has 1 heterocycles. The quantitative estimate of drug-likeness (QED) is 0.663. The van der Waals surface area contributed by atoms with Gasteiger partial charge in [-0.2, -0.15) is 4.98 Å². The van der Waals surface area contributed by atoms with Crippen LogP contribution in [0.15, 0.2) is 15.8 Å². The van der Waals surface area contributed by atoms with Crippen LogP contribution in [0.1, 0.15) is 13.8 Å². The average molecular weight is 321 g/mol. The lowest BCUT2D eigenvalue weighted by Gasteiger charge is -2.14. The van der Waals surface area contributed by atoms with E-state index in [0.29, 0.717) is 15.5 Å². The number of methoxy groups -OCH3 is 1. The fourth-order valence-corrected chi connectivity index (χ4v) is 2.32. The van der Waals surface area contributed by atoms with E-state index >= 15 is 0 Å². The molecule has 0 fully saturated rings. The topological polar surface area (TPSA) is 72.3 Å². The van der Waals surface area contributed by atoms with Gasteiger partial charge >= 0.3 is 5.97 Å². The van der Waals surface area contributed by atoms with Crippen molar-refractivity contribution in [3.8, 4) is 5.88 Å². The van der Waals surface area contributed by atoms with E-state index in [1.54, 1.807) is 6.20 Å². The Kier molecular flexibility index (Phi) is 5.20. The lowest BCUT2D eigenvalue weighted by atomic mass is 10.1. The molecular formula is C10H13BrN2O3S. The molecule has 17 heavy (non-hydrogen) atoms. The van der Waals surface area contributed by atoms with Crippen molar-refractivity contribution in [1.82, 2.24) is 9.97 Å². The summed E-state index contributed by atoms with van der Waals surface area (Å²) < 4.78 is 5.67. The minimum Gasteiger partial charge on any atom is -0.480 e. The maximum absolute atomic E-state index is 11.0. The average Bonchev–Trinajstić information content (AvgIpc) is 2.26. The van der Waals surface area contributed by atoms with E-state index < -0.39 is 11.2 Å². The minimum atomic E-state index is -0.865. The standard InChI is InChI=1S/C10H13BrN2O3S/c1-5(2)7(9(14)15)17-10-12-4-6(11)8(13-10)16-3/h4-5,7H,1-3H3,(H,14,15). The zero-order valence-corrected chi connectivity index (χ0v) is 12.1. The zero-order valence-electron chi connectivity index (χ0n) is 9.68. The number of hydrogen-bond acceptors (Lipinski definition) is 5. The first-order valence-electron chi connectivity index (χ1n) is 4.91. The Hall–Kier alpha value is -0.820. The largest absolute Gasteiger partial charge is 0.480 e. The number of thioether (sulfide) groups is 1. The van der Waals surface area contributed by atoms with Crippen molar-refractivity contribution in [2.45, 2.75) is 24.3 Å². The van der Waals surface area contributed by atoms with Crippen molar-refractivity contribution in [2.75, 3.05) is 7.11 Å². The minimum absolute atomic E-state index is 0.00394. The maximum Gasteiger partial charge on any atom is 0.317 e. The zero-order chi connectivity index (χ0) is 13.0. The van der Waals surface area contributed by atoms with Crippen LogP contribution >= 0.6 is 27.7 Å². The summed E-state index contributed by atoms with van der Waals surface area (Å²) in [6.07, 6.45) is 1.55. The molecule has 0 radical (unpaired) electrons. The third-order valence-electron chi connectivity index (χ3n) is 1.96. The summed E-state index contributed by atoms with van der Waals surface area (Å²) in [7, 11) is 1.50. The highest BCUT2D eigenvalue weighted by atomic mass is 79.9. The molecule has 5 nitrogen and oxygen atoms in total. The van der Waals surface area contributed by atoms with Crippen LogP contribution in [0.2, 0.25) is 0 Å². The van der Waals surface area contributed by atoms with Crippen LogP contribution in [0.25, 0.3) is 0 Å². The number of aromatic nitrogens is 2. The first kappa shape index (κ1) is 14.2. The molecule has 0 bridgehead atoms. The van der Waals surface area contributed by atoms with Crippen LogP contribution < -0.4 is 4.74 Å². The predicted octanol–water partition coefficient (Wildman–Crippen LogP) is 2.45. The van der Waals surface area contributed by atoms with Crippen LogP contribution in [0.3, 0.4) is 0 Å². The van der Waals surface area contributed by atoms with Crippen LogP contribution in [0, 0.1) is 5.92 Å². The SMILES string of the molecule is COc1nc(SC(C(=O)O)C(C)C)ncc1Br. The van der Waals surface area contributed by atoms with E-state index in [-0.39, 0.29) is 5.92 Å². The molecule has 0 aliphatic rings. The van der Waals surface area contributed by atoms with E-state index in [1.807, 2.05) is 13.8 Å². The molecule has 7 heteroatoms. The van der Waals surface area contributed by atoms with Gasteiger partial charge in [0.05, 0.1) is 11.6 Å². The number of ether oxygens (including phenoxy) is 1. The summed E-state index contributed by atoms with van der Waals surface area (Å²) in [5.74, 6) is -0.471. The van der Waals surface area contributed by atoms with Crippen molar-refractivity contribution in [3.05, 3.63) is 10.7 Å². The molecule has 0 aliphatic heterocycles. The molecule has 1 unspecified atom stereocenters. The van der Waals surface area contributed by atoms with Crippen LogP contribution in [0.4, 0.5) is 0 Å². The van der Waals surface area contributed by atoms with E-state index in [9.17, 15) is 4.79 Å². The number of halogens is 1. The highest BCUT2D eigenvalue weighted by molar-refractivity contribution is 9.10. The van der Waals surface area contributed by atoms with Gasteiger partial charge < -0.3 is 9.84 Å². The molecule has 0 amide bonds. The highest BCUT2D eigenvalue weighted by Crippen LogP contribution is 2.29. The van der Waals surface area contributed by atoms with E-state index in [4.69, 9.17) is 9.84 Å². The van der Waals surface area contributed by atoms with E-state index in [1.165, 1.54) is 7.11 Å². The Labute approximate surface area is 112 Å². The molecule has 0 aliphatic carbocycles. The van der Waals surface area contributed by atoms with Gasteiger partial charge in [-0.05, 0) is 21.8 Å². The van der Waals surface area contributed by atoms with E-state index in [0.717, 1.165) is 11.8 Å². The molecule has 0 saturated carbocycles. The third kappa shape index (κ3) is 3.85. The van der Waals surface area contributed by atoms with Crippen LogP contribution in [-0.2, 0) is 4.79 Å². The van der Waals surface area contributed by atoms with Gasteiger partial charge in [0.15, 0.2) is 5.16 Å². The summed E-state index contributed by atoms with van der Waals surface area (Å²) in [6, 6.07) is 0. The summed E-state index contributed by atoms with van der Waals surface area (Å²) in [5, 5.41) is 8.90. The Bertz CT molecular complexity index is 415. The number of carboxylic acid groups (broad SMARTS) is 1. The van der Waals surface area contributed by atoms with E-state index in [2.05, 4.69) is 25.9 Å². The molecule has 0 saturated heterocycles. The van der Waals surface area contributed by atoms with Gasteiger partial charge in [-0.1, -0.05) is 25.6 Å². The monoisotopic (exact) mass is 320 g/mol. The number of carbonyl (C=O) groups is 1. The number of carboxylic acids is 1. The molecule has 0 spiro atoms. The normalized spacial score (nSPS) is 12.5. The first-order valence-corrected chi connectivity index (χ1v) is 6.59. The predicted molar refractivity (Wildman–Crippen MR) is 68.4 cm³/mol. The van der Waals surface area contributed by atoms with Crippen LogP contribution in [-0.4, -0.2) is 33.4 Å². The second-order valence-corrected chi connectivity index (χ2v) is 5.59. The van der Waals surface area contributed by atoms with Crippen molar-refractivity contribution in [2.24, 2.45) is 5.92 Å². The van der Waals surface area contributed by atoms with Gasteiger partial charge in [0, 0.05) is 6.20 Å². The van der Waals surface area contributed by atoms with Gasteiger partial charge in [-0.15, -0.1) is 0 Å². The second kappa shape index (κ2) is 6.20. The molecule has 1 rings (SSSR count). The maximum atomic E-state index is 11.0. The Morgan fingerprint density at radius 3 is 2.71 bits per heavy atom. The summed E-state index contributed by atoms with van der Waals surface area (Å²) in [6.45, 7) is 3.70. The van der Waals surface area contributed by atoms with Crippen molar-refractivity contribution < 1.29 is 14.6 Å². The van der Waals surface area contributed by atoms with Crippen molar-refractivity contribution in [3.63, 3.8) is 0 Å². The summed E-state index contributed by atoms with van der Waals surface area (Å²) >= 11 is 4.36. The fourth-order valence-electron chi connectivity index (χ4n) is 1.12. The van der Waals surface area contributed by atoms with Gasteiger partial charge in [0.2, 0.25) is 5.88 Å². The van der Waals surface area contributed by atoms with Gasteiger partial charge in [0.1, 0.15) is 5.25 Å². The Morgan fingerprint density at radius 2 is 2.24 bits per heavy atom. The number of aliphatic carboxylic acids is 1. The Balaban J connectivity index is 2.90. The molecule has 94 valence electrons. The summed E-state index contributed by atoms with van der Waals surface area (Å²) in [5.41, 5.74) is 0. The highest BCUT2D eigenvalue weighted by Gasteiger charge is 2.24. The van der Waals surface area contributed by atoms with Gasteiger partial charge in [0.25, 0.3) is 0 Å². The van der Waals surface area contributed by atoms with Crippen molar-refractivity contribution >= 4 is 33.7 Å². The first-order chi connectivity index (χ1) is 7.95. The Morgan fingerprint density at radius 1 is 1.59 bits per heavy atom. The summed E-state index contributed by atoms with van der Waals surface area (Å²) in [4.78, 5) is 19.2.